The highest BCUT2D eigenvalue weighted by molar-refractivity contribution is 6.07. The summed E-state index contributed by atoms with van der Waals surface area (Å²) in [5.41, 5.74) is 1.52. The summed E-state index contributed by atoms with van der Waals surface area (Å²) in [4.78, 5) is 39.3. The number of ether oxygens (including phenoxy) is 1. The molecule has 2 aromatic rings. The third-order valence-electron chi connectivity index (χ3n) is 4.71. The van der Waals surface area contributed by atoms with Crippen LogP contribution in [0.1, 0.15) is 30.6 Å². The largest absolute Gasteiger partial charge is 0.497 e. The fourth-order valence-electron chi connectivity index (χ4n) is 3.28. The molecule has 7 nitrogen and oxygen atoms in total. The number of hydrogen-bond acceptors (Lipinski definition) is 4. The molecule has 7 heteroatoms. The molecule has 1 fully saturated rings. The fourth-order valence-corrected chi connectivity index (χ4v) is 3.28. The number of nitrogens with zero attached hydrogens (tertiary/aromatic N) is 1. The van der Waals surface area contributed by atoms with Gasteiger partial charge in [-0.3, -0.25) is 14.4 Å². The van der Waals surface area contributed by atoms with E-state index >= 15 is 0 Å². The first-order valence-corrected chi connectivity index (χ1v) is 9.54. The van der Waals surface area contributed by atoms with E-state index in [0.29, 0.717) is 22.7 Å². The van der Waals surface area contributed by atoms with Crippen LogP contribution < -0.4 is 20.3 Å². The van der Waals surface area contributed by atoms with Gasteiger partial charge in [0, 0.05) is 30.8 Å². The van der Waals surface area contributed by atoms with Gasteiger partial charge in [0.05, 0.1) is 24.3 Å². The Morgan fingerprint density at radius 1 is 1.14 bits per heavy atom. The number of methoxy groups -OCH3 is 1. The fraction of sp³-hybridized carbons (Fsp3) is 0.318. The SMILES string of the molecule is COc1cccc(N2CC(C(=O)Nc3ccccc3C(=O)NC(C)C)CC2=O)c1. The lowest BCUT2D eigenvalue weighted by Crippen LogP contribution is -2.32. The van der Waals surface area contributed by atoms with Crippen LogP contribution in [0.15, 0.2) is 48.5 Å². The summed E-state index contributed by atoms with van der Waals surface area (Å²) >= 11 is 0. The van der Waals surface area contributed by atoms with Gasteiger partial charge in [-0.2, -0.15) is 0 Å². The average molecular weight is 395 g/mol. The third-order valence-corrected chi connectivity index (χ3v) is 4.71. The van der Waals surface area contributed by atoms with E-state index < -0.39 is 5.92 Å². The van der Waals surface area contributed by atoms with Crippen molar-refractivity contribution in [2.24, 2.45) is 5.92 Å². The van der Waals surface area contributed by atoms with E-state index in [2.05, 4.69) is 10.6 Å². The number of carbonyl (C=O) groups is 3. The van der Waals surface area contributed by atoms with Crippen LogP contribution >= 0.6 is 0 Å². The number of hydrogen-bond donors (Lipinski definition) is 2. The molecular weight excluding hydrogens is 370 g/mol. The second kappa shape index (κ2) is 8.77. The maximum atomic E-state index is 12.8. The quantitative estimate of drug-likeness (QED) is 0.787. The predicted molar refractivity (Wildman–Crippen MR) is 111 cm³/mol. The lowest BCUT2D eigenvalue weighted by molar-refractivity contribution is -0.122. The molecular formula is C22H25N3O4. The molecule has 1 unspecified atom stereocenters. The van der Waals surface area contributed by atoms with Crippen LogP contribution in [0, 0.1) is 5.92 Å². The van der Waals surface area contributed by atoms with Gasteiger partial charge in [0.15, 0.2) is 0 Å². The Morgan fingerprint density at radius 3 is 2.62 bits per heavy atom. The molecule has 29 heavy (non-hydrogen) atoms. The monoisotopic (exact) mass is 395 g/mol. The van der Waals surface area contributed by atoms with Crippen LogP contribution in [-0.4, -0.2) is 37.4 Å². The van der Waals surface area contributed by atoms with Gasteiger partial charge in [-0.25, -0.2) is 0 Å². The van der Waals surface area contributed by atoms with Gasteiger partial charge in [0.2, 0.25) is 11.8 Å². The number of amides is 3. The summed E-state index contributed by atoms with van der Waals surface area (Å²) in [5.74, 6) is -0.516. The summed E-state index contributed by atoms with van der Waals surface area (Å²) in [6.45, 7) is 4.02. The maximum absolute atomic E-state index is 12.8. The molecule has 1 atom stereocenters. The lowest BCUT2D eigenvalue weighted by Gasteiger charge is -2.18. The predicted octanol–water partition coefficient (Wildman–Crippen LogP) is 2.83. The minimum Gasteiger partial charge on any atom is -0.497 e. The Balaban J connectivity index is 1.72. The summed E-state index contributed by atoms with van der Waals surface area (Å²) in [5, 5.41) is 5.64. The molecule has 0 radical (unpaired) electrons. The first kappa shape index (κ1) is 20.4. The van der Waals surface area contributed by atoms with Crippen LogP contribution in [-0.2, 0) is 9.59 Å². The van der Waals surface area contributed by atoms with Crippen LogP contribution in [0.25, 0.3) is 0 Å². The van der Waals surface area contributed by atoms with Gasteiger partial charge in [-0.05, 0) is 38.1 Å². The Kier molecular flexibility index (Phi) is 6.16. The van der Waals surface area contributed by atoms with Crippen molar-refractivity contribution in [1.82, 2.24) is 5.32 Å². The Hall–Kier alpha value is -3.35. The molecule has 1 aliphatic rings. The van der Waals surface area contributed by atoms with Crippen molar-refractivity contribution in [3.05, 3.63) is 54.1 Å². The van der Waals surface area contributed by atoms with Crippen molar-refractivity contribution in [2.45, 2.75) is 26.3 Å². The third kappa shape index (κ3) is 4.74. The van der Waals surface area contributed by atoms with Crippen molar-refractivity contribution >= 4 is 29.1 Å². The van der Waals surface area contributed by atoms with E-state index in [1.807, 2.05) is 19.9 Å². The van der Waals surface area contributed by atoms with Gasteiger partial charge in [0.1, 0.15) is 5.75 Å². The Morgan fingerprint density at radius 2 is 1.90 bits per heavy atom. The van der Waals surface area contributed by atoms with Crippen molar-refractivity contribution < 1.29 is 19.1 Å². The highest BCUT2D eigenvalue weighted by Gasteiger charge is 2.35. The van der Waals surface area contributed by atoms with Gasteiger partial charge in [-0.15, -0.1) is 0 Å². The molecule has 0 spiro atoms. The van der Waals surface area contributed by atoms with Crippen molar-refractivity contribution in [3.8, 4) is 5.75 Å². The molecule has 0 aliphatic carbocycles. The number of anilines is 2. The van der Waals surface area contributed by atoms with Gasteiger partial charge in [0.25, 0.3) is 5.91 Å². The number of para-hydroxylation sites is 1. The molecule has 0 bridgehead atoms. The summed E-state index contributed by atoms with van der Waals surface area (Å²) in [6.07, 6.45) is 0.114. The van der Waals surface area contributed by atoms with Crippen molar-refractivity contribution in [2.75, 3.05) is 23.9 Å². The second-order valence-corrected chi connectivity index (χ2v) is 7.27. The molecule has 152 valence electrons. The van der Waals surface area contributed by atoms with Crippen LogP contribution in [0.4, 0.5) is 11.4 Å². The van der Waals surface area contributed by atoms with Crippen molar-refractivity contribution in [1.29, 1.82) is 0 Å². The highest BCUT2D eigenvalue weighted by Crippen LogP contribution is 2.29. The van der Waals surface area contributed by atoms with Gasteiger partial charge >= 0.3 is 0 Å². The molecule has 3 rings (SSSR count). The summed E-state index contributed by atoms with van der Waals surface area (Å²) in [7, 11) is 1.56. The molecule has 1 saturated heterocycles. The minimum atomic E-state index is -0.505. The zero-order valence-corrected chi connectivity index (χ0v) is 16.8. The van der Waals surface area contributed by atoms with Crippen molar-refractivity contribution in [3.63, 3.8) is 0 Å². The maximum Gasteiger partial charge on any atom is 0.253 e. The topological polar surface area (TPSA) is 87.7 Å². The molecule has 0 aromatic heterocycles. The number of nitrogens with one attached hydrogen (secondary N) is 2. The van der Waals surface area contributed by atoms with Gasteiger partial charge < -0.3 is 20.3 Å². The minimum absolute atomic E-state index is 0.0184. The lowest BCUT2D eigenvalue weighted by atomic mass is 10.1. The molecule has 1 aliphatic heterocycles. The van der Waals surface area contributed by atoms with Crippen LogP contribution in [0.3, 0.4) is 0 Å². The molecule has 2 N–H and O–H groups in total. The Labute approximate surface area is 170 Å². The summed E-state index contributed by atoms with van der Waals surface area (Å²) < 4.78 is 5.21. The van der Waals surface area contributed by atoms with E-state index in [1.54, 1.807) is 54.5 Å². The van der Waals surface area contributed by atoms with Gasteiger partial charge in [-0.1, -0.05) is 18.2 Å². The van der Waals surface area contributed by atoms with E-state index in [4.69, 9.17) is 4.74 Å². The first-order valence-electron chi connectivity index (χ1n) is 9.54. The van der Waals surface area contributed by atoms with E-state index in [1.165, 1.54) is 0 Å². The molecule has 0 saturated carbocycles. The first-order chi connectivity index (χ1) is 13.9. The number of rotatable bonds is 6. The van der Waals surface area contributed by atoms with E-state index in [0.717, 1.165) is 0 Å². The smallest absolute Gasteiger partial charge is 0.253 e. The van der Waals surface area contributed by atoms with E-state index in [9.17, 15) is 14.4 Å². The zero-order valence-electron chi connectivity index (χ0n) is 16.8. The number of benzene rings is 2. The normalized spacial score (nSPS) is 16.1. The van der Waals surface area contributed by atoms with Crippen LogP contribution in [0.2, 0.25) is 0 Å². The van der Waals surface area contributed by atoms with Crippen LogP contribution in [0.5, 0.6) is 5.75 Å². The molecule has 1 heterocycles. The summed E-state index contributed by atoms with van der Waals surface area (Å²) in [6, 6.07) is 14.0. The number of carbonyl (C=O) groups excluding carboxylic acids is 3. The standard InChI is InChI=1S/C22H25N3O4/c1-14(2)23-22(28)18-9-4-5-10-19(18)24-21(27)15-11-20(26)25(13-15)16-7-6-8-17(12-16)29-3/h4-10,12,14-15H,11,13H2,1-3H3,(H,23,28)(H,24,27). The molecule has 3 amide bonds. The average Bonchev–Trinajstić information content (AvgIpc) is 3.09. The highest BCUT2D eigenvalue weighted by atomic mass is 16.5. The zero-order chi connectivity index (χ0) is 21.0. The second-order valence-electron chi connectivity index (χ2n) is 7.27. The van der Waals surface area contributed by atoms with E-state index in [-0.39, 0.29) is 36.7 Å². The Bertz CT molecular complexity index is 926. The molecule has 2 aromatic carbocycles.